The number of fused-ring (bicyclic) bond motifs is 2. The molecule has 3 fully saturated rings. The maximum Gasteiger partial charge on any atom is 0.274 e. The minimum Gasteiger partial charge on any atom is -0.386 e. The van der Waals surface area contributed by atoms with Gasteiger partial charge in [0.05, 0.1) is 34.0 Å². The lowest BCUT2D eigenvalue weighted by atomic mass is 9.85. The maximum atomic E-state index is 13.7. The molecule has 2 aromatic heterocycles. The van der Waals surface area contributed by atoms with Crippen LogP contribution in [0.1, 0.15) is 114 Å². The highest BCUT2D eigenvalue weighted by molar-refractivity contribution is 6.25. The van der Waals surface area contributed by atoms with E-state index >= 15 is 0 Å². The fourth-order valence-electron chi connectivity index (χ4n) is 9.41. The lowest BCUT2D eigenvalue weighted by Gasteiger charge is -2.37. The van der Waals surface area contributed by atoms with E-state index in [1.54, 1.807) is 38.1 Å². The van der Waals surface area contributed by atoms with Gasteiger partial charge < -0.3 is 20.2 Å². The van der Waals surface area contributed by atoms with Crippen molar-refractivity contribution in [1.29, 1.82) is 0 Å². The van der Waals surface area contributed by atoms with Gasteiger partial charge in [0.15, 0.2) is 0 Å². The van der Waals surface area contributed by atoms with E-state index in [9.17, 15) is 29.1 Å². The zero-order valence-corrected chi connectivity index (χ0v) is 33.7. The number of carbonyl (C=O) groups excluding carboxylic acids is 5. The molecule has 14 nitrogen and oxygen atoms in total. The van der Waals surface area contributed by atoms with Crippen LogP contribution in [-0.4, -0.2) is 98.5 Å². The van der Waals surface area contributed by atoms with E-state index in [0.29, 0.717) is 39.9 Å². The average molecular weight is 789 g/mol. The lowest BCUT2D eigenvalue weighted by molar-refractivity contribution is -0.136. The topological polar surface area (TPSA) is 170 Å². The Morgan fingerprint density at radius 1 is 0.931 bits per heavy atom. The number of nitrogens with zero attached hydrogens (tertiary/aromatic N) is 6. The summed E-state index contributed by atoms with van der Waals surface area (Å²) in [5.74, 6) is -1.16. The smallest absolute Gasteiger partial charge is 0.274 e. The van der Waals surface area contributed by atoms with Crippen LogP contribution in [0.4, 0.5) is 11.4 Å². The van der Waals surface area contributed by atoms with Crippen LogP contribution in [0.2, 0.25) is 0 Å². The Morgan fingerprint density at radius 2 is 1.64 bits per heavy atom. The number of pyridine rings is 1. The Balaban J connectivity index is 0.840. The third-order valence-corrected chi connectivity index (χ3v) is 12.4. The first-order valence-corrected chi connectivity index (χ1v) is 20.5. The van der Waals surface area contributed by atoms with Crippen molar-refractivity contribution in [3.63, 3.8) is 0 Å². The molecule has 4 aromatic rings. The van der Waals surface area contributed by atoms with Gasteiger partial charge in [0, 0.05) is 61.1 Å². The van der Waals surface area contributed by atoms with Gasteiger partial charge >= 0.3 is 0 Å². The lowest BCUT2D eigenvalue weighted by Crippen LogP contribution is -2.54. The molecule has 0 radical (unpaired) electrons. The zero-order valence-electron chi connectivity index (χ0n) is 33.7. The molecule has 1 aliphatic carbocycles. The number of anilines is 2. The predicted octanol–water partition coefficient (Wildman–Crippen LogP) is 5.20. The third kappa shape index (κ3) is 7.87. The number of benzene rings is 2. The molecule has 1 saturated carbocycles. The molecule has 8 rings (SSSR count). The minimum absolute atomic E-state index is 0.0915. The van der Waals surface area contributed by atoms with Gasteiger partial charge in [0.2, 0.25) is 11.8 Å². The van der Waals surface area contributed by atoms with Crippen molar-refractivity contribution in [2.45, 2.75) is 89.8 Å². The first kappa shape index (κ1) is 39.4. The molecule has 0 spiro atoms. The van der Waals surface area contributed by atoms with Crippen LogP contribution in [-0.2, 0) is 15.2 Å². The van der Waals surface area contributed by atoms with E-state index in [2.05, 4.69) is 43.3 Å². The van der Waals surface area contributed by atoms with Crippen LogP contribution in [0.15, 0.2) is 54.7 Å². The second kappa shape index (κ2) is 15.7. The molecule has 0 bridgehead atoms. The van der Waals surface area contributed by atoms with Gasteiger partial charge in [-0.1, -0.05) is 12.1 Å². The zero-order chi connectivity index (χ0) is 40.9. The Labute approximate surface area is 338 Å². The Kier molecular flexibility index (Phi) is 10.7. The summed E-state index contributed by atoms with van der Waals surface area (Å²) >= 11 is 0. The second-order valence-electron chi connectivity index (χ2n) is 17.2. The highest BCUT2D eigenvalue weighted by Crippen LogP contribution is 2.38. The summed E-state index contributed by atoms with van der Waals surface area (Å²) in [6.07, 6.45) is 8.47. The van der Waals surface area contributed by atoms with Crippen molar-refractivity contribution in [3.8, 4) is 0 Å². The molecule has 2 aromatic carbocycles. The van der Waals surface area contributed by atoms with E-state index in [1.807, 2.05) is 31.2 Å². The molecule has 58 heavy (non-hydrogen) atoms. The number of piperidine rings is 2. The number of hydrogen-bond donors (Lipinski definition) is 3. The summed E-state index contributed by atoms with van der Waals surface area (Å²) in [5, 5.41) is 22.1. The summed E-state index contributed by atoms with van der Waals surface area (Å²) < 4.78 is 2.07. The monoisotopic (exact) mass is 788 g/mol. The fourth-order valence-corrected chi connectivity index (χ4v) is 9.41. The average Bonchev–Trinajstić information content (AvgIpc) is 3.72. The van der Waals surface area contributed by atoms with Crippen LogP contribution in [0.5, 0.6) is 0 Å². The normalized spacial score (nSPS) is 21.9. The minimum atomic E-state index is -1.20. The van der Waals surface area contributed by atoms with E-state index in [-0.39, 0.29) is 30.7 Å². The number of carbonyl (C=O) groups is 5. The molecule has 3 aliphatic heterocycles. The molecule has 5 heterocycles. The number of rotatable bonds is 10. The van der Waals surface area contributed by atoms with Crippen molar-refractivity contribution in [2.24, 2.45) is 11.8 Å². The molecule has 1 atom stereocenters. The highest BCUT2D eigenvalue weighted by atomic mass is 16.3. The number of amides is 5. The number of aromatic nitrogens is 3. The molecule has 304 valence electrons. The van der Waals surface area contributed by atoms with E-state index in [1.165, 1.54) is 0 Å². The second-order valence-corrected chi connectivity index (χ2v) is 17.2. The molecule has 1 unspecified atom stereocenters. The Morgan fingerprint density at radius 3 is 2.33 bits per heavy atom. The molecule has 2 saturated heterocycles. The molecule has 14 heteroatoms. The van der Waals surface area contributed by atoms with Crippen molar-refractivity contribution < 1.29 is 29.1 Å². The quantitative estimate of drug-likeness (QED) is 0.182. The van der Waals surface area contributed by atoms with Crippen molar-refractivity contribution in [2.75, 3.05) is 43.4 Å². The van der Waals surface area contributed by atoms with Crippen LogP contribution in [0.3, 0.4) is 0 Å². The fraction of sp³-hybridized carbons (Fsp3) is 0.477. The summed E-state index contributed by atoms with van der Waals surface area (Å²) in [7, 11) is 2.21. The first-order chi connectivity index (χ1) is 27.7. The molecule has 4 aliphatic rings. The van der Waals surface area contributed by atoms with Crippen LogP contribution in [0.25, 0.3) is 10.9 Å². The Bertz CT molecular complexity index is 2280. The van der Waals surface area contributed by atoms with Crippen LogP contribution < -0.4 is 15.5 Å². The van der Waals surface area contributed by atoms with Gasteiger partial charge in [-0.05, 0) is 121 Å². The van der Waals surface area contributed by atoms with Gasteiger partial charge in [-0.2, -0.15) is 5.10 Å². The van der Waals surface area contributed by atoms with Crippen LogP contribution >= 0.6 is 0 Å². The van der Waals surface area contributed by atoms with E-state index in [4.69, 9.17) is 5.10 Å². The highest BCUT2D eigenvalue weighted by Gasteiger charge is 2.46. The Hall–Kier alpha value is -5.47. The molecular formula is C44H52N8O6. The van der Waals surface area contributed by atoms with Crippen LogP contribution in [0, 0.1) is 18.8 Å². The SMILES string of the molecule is Cc1cccc(C(=O)Nc2cc3cn([C@H]4CC[C@H](CN(C)CC5CCN(c6cccc7c6C(=O)N(C6CCC(=O)NC6=O)C7=O)CC5)CC4)nc3cc2C(C)(C)O)n1. The third-order valence-electron chi connectivity index (χ3n) is 12.4. The number of imide groups is 2. The summed E-state index contributed by atoms with van der Waals surface area (Å²) in [6.45, 7) is 8.82. The number of aryl methyl sites for hydroxylation is 1. The molecule has 5 amide bonds. The van der Waals surface area contributed by atoms with Gasteiger partial charge in [-0.15, -0.1) is 0 Å². The molecular weight excluding hydrogens is 737 g/mol. The van der Waals surface area contributed by atoms with Gasteiger partial charge in [-0.3, -0.25) is 38.9 Å². The standard InChI is InChI=1S/C44H52N8O6/c1-26-7-5-9-33(45-26)40(54)46-35-21-29-25-51(48-34(29)22-32(35)44(2,3)58)30-13-11-27(12-14-30)23-49(4)24-28-17-19-50(20-18-28)36-10-6-8-31-39(36)43(57)52(42(31)56)37-15-16-38(53)47-41(37)55/h5-10,21-22,25,27-28,30,37,58H,11-20,23-24H2,1-4H3,(H,46,54)(H,47,53,55)/t27-,30-,37?. The van der Waals surface area contributed by atoms with E-state index < -0.39 is 29.4 Å². The van der Waals surface area contributed by atoms with Crippen molar-refractivity contribution in [3.05, 3.63) is 82.8 Å². The van der Waals surface area contributed by atoms with E-state index in [0.717, 1.165) is 91.9 Å². The van der Waals surface area contributed by atoms with Gasteiger partial charge in [0.1, 0.15) is 11.7 Å². The summed E-state index contributed by atoms with van der Waals surface area (Å²) in [5.41, 5.74) is 3.19. The number of nitrogens with one attached hydrogen (secondary N) is 2. The molecule has 3 N–H and O–H groups in total. The number of aliphatic hydroxyl groups is 1. The number of hydrogen-bond acceptors (Lipinski definition) is 10. The largest absolute Gasteiger partial charge is 0.386 e. The van der Waals surface area contributed by atoms with Gasteiger partial charge in [0.25, 0.3) is 17.7 Å². The van der Waals surface area contributed by atoms with Gasteiger partial charge in [-0.25, -0.2) is 4.98 Å². The van der Waals surface area contributed by atoms with Crippen molar-refractivity contribution in [1.82, 2.24) is 29.9 Å². The maximum absolute atomic E-state index is 13.7. The van der Waals surface area contributed by atoms with Crippen molar-refractivity contribution >= 4 is 51.8 Å². The first-order valence-electron chi connectivity index (χ1n) is 20.5. The summed E-state index contributed by atoms with van der Waals surface area (Å²) in [6, 6.07) is 13.7. The predicted molar refractivity (Wildman–Crippen MR) is 218 cm³/mol. The summed E-state index contributed by atoms with van der Waals surface area (Å²) in [4.78, 5) is 74.5.